The van der Waals surface area contributed by atoms with E-state index in [4.69, 9.17) is 9.47 Å². The first kappa shape index (κ1) is 14.8. The Bertz CT molecular complexity index is 964. The zero-order valence-electron chi connectivity index (χ0n) is 12.6. The van der Waals surface area contributed by atoms with Crippen LogP contribution in [0.25, 0.3) is 0 Å². The normalized spacial score (nSPS) is 13.2. The number of ether oxygens (including phenoxy) is 2. The number of rotatable bonds is 4. The Kier molecular flexibility index (Phi) is 3.50. The zero-order chi connectivity index (χ0) is 16.6. The lowest BCUT2D eigenvalue weighted by Crippen LogP contribution is -2.04. The lowest BCUT2D eigenvalue weighted by Gasteiger charge is -2.09. The van der Waals surface area contributed by atoms with Crippen LogP contribution in [0.5, 0.6) is 11.5 Å². The summed E-state index contributed by atoms with van der Waals surface area (Å²) in [5.74, 6) is 0.729. The van der Waals surface area contributed by atoms with Crippen LogP contribution in [0.15, 0.2) is 71.0 Å². The van der Waals surface area contributed by atoms with Gasteiger partial charge in [-0.3, -0.25) is 0 Å². The highest BCUT2D eigenvalue weighted by atomic mass is 32.2. The summed E-state index contributed by atoms with van der Waals surface area (Å²) in [4.78, 5) is 4.34. The molecule has 0 radical (unpaired) electrons. The second kappa shape index (κ2) is 5.68. The second-order valence-electron chi connectivity index (χ2n) is 5.37. The maximum atomic E-state index is 12.9. The van der Waals surface area contributed by atoms with E-state index in [0.29, 0.717) is 12.3 Å². The van der Waals surface area contributed by atoms with Gasteiger partial charge in [0.15, 0.2) is 11.5 Å². The second-order valence-corrected chi connectivity index (χ2v) is 7.29. The molecule has 0 amide bonds. The first-order valence-electron chi connectivity index (χ1n) is 7.33. The Hall–Kier alpha value is -2.80. The number of hydrogen-bond donors (Lipinski definition) is 0. The average molecular weight is 342 g/mol. The predicted molar refractivity (Wildman–Crippen MR) is 85.8 cm³/mol. The number of fused-ring (bicyclic) bond motifs is 1. The summed E-state index contributed by atoms with van der Waals surface area (Å²) >= 11 is 0. The highest BCUT2D eigenvalue weighted by Gasteiger charge is 2.27. The Labute approximate surface area is 139 Å². The van der Waals surface area contributed by atoms with Crippen molar-refractivity contribution in [2.45, 2.75) is 16.3 Å². The van der Waals surface area contributed by atoms with Gasteiger partial charge in [0.25, 0.3) is 0 Å². The van der Waals surface area contributed by atoms with Crippen LogP contribution in [0.2, 0.25) is 0 Å². The fraction of sp³-hybridized carbons (Fsp3) is 0.118. The van der Waals surface area contributed by atoms with Crippen molar-refractivity contribution in [3.63, 3.8) is 0 Å². The minimum atomic E-state index is -3.67. The van der Waals surface area contributed by atoms with E-state index in [1.807, 2.05) is 10.8 Å². The summed E-state index contributed by atoms with van der Waals surface area (Å²) in [7, 11) is -3.67. The van der Waals surface area contributed by atoms with Gasteiger partial charge in [-0.15, -0.1) is 0 Å². The van der Waals surface area contributed by atoms with E-state index >= 15 is 0 Å². The fourth-order valence-electron chi connectivity index (χ4n) is 2.61. The molecule has 24 heavy (non-hydrogen) atoms. The van der Waals surface area contributed by atoms with Gasteiger partial charge in [-0.25, -0.2) is 13.4 Å². The Morgan fingerprint density at radius 3 is 2.67 bits per heavy atom. The Morgan fingerprint density at radius 1 is 1.08 bits per heavy atom. The Balaban J connectivity index is 1.67. The number of para-hydroxylation sites is 1. The van der Waals surface area contributed by atoms with E-state index in [9.17, 15) is 8.42 Å². The molecule has 2 heterocycles. The smallest absolute Gasteiger partial charge is 0.231 e. The summed E-state index contributed by atoms with van der Waals surface area (Å²) in [6.07, 6.45) is 5.28. The van der Waals surface area contributed by atoms with Gasteiger partial charge in [0.05, 0.1) is 11.2 Å². The molecular formula is C17H14N2O4S. The molecule has 0 atom stereocenters. The lowest BCUT2D eigenvalue weighted by molar-refractivity contribution is 0.172. The lowest BCUT2D eigenvalue weighted by atomic mass is 10.2. The maximum absolute atomic E-state index is 12.9. The molecule has 3 aromatic rings. The van der Waals surface area contributed by atoms with Crippen LogP contribution in [-0.4, -0.2) is 24.8 Å². The van der Waals surface area contributed by atoms with E-state index in [-0.39, 0.29) is 22.3 Å². The standard InChI is InChI=1S/C17H14N2O4S/c20-24(21,16-3-1-2-15-17(16)23-12-22-15)14-6-4-13(5-7-14)10-19-9-8-18-11-19/h1-9,11H,10,12H2. The van der Waals surface area contributed by atoms with Crippen molar-refractivity contribution in [2.75, 3.05) is 6.79 Å². The molecule has 0 unspecified atom stereocenters. The summed E-state index contributed by atoms with van der Waals surface area (Å²) < 4.78 is 38.2. The fourth-order valence-corrected chi connectivity index (χ4v) is 4.02. The van der Waals surface area contributed by atoms with E-state index in [2.05, 4.69) is 4.98 Å². The molecular weight excluding hydrogens is 328 g/mol. The molecule has 0 N–H and O–H groups in total. The average Bonchev–Trinajstić information content (AvgIpc) is 3.26. The van der Waals surface area contributed by atoms with Crippen LogP contribution in [0, 0.1) is 0 Å². The molecule has 6 nitrogen and oxygen atoms in total. The monoisotopic (exact) mass is 342 g/mol. The van der Waals surface area contributed by atoms with Crippen molar-refractivity contribution in [3.8, 4) is 11.5 Å². The molecule has 0 saturated heterocycles. The summed E-state index contributed by atoms with van der Waals surface area (Å²) in [6.45, 7) is 0.670. The first-order valence-corrected chi connectivity index (χ1v) is 8.81. The number of sulfone groups is 1. The molecule has 4 rings (SSSR count). The highest BCUT2D eigenvalue weighted by Crippen LogP contribution is 2.40. The molecule has 0 aliphatic carbocycles. The van der Waals surface area contributed by atoms with Gasteiger partial charge in [0.2, 0.25) is 16.6 Å². The van der Waals surface area contributed by atoms with E-state index in [1.165, 1.54) is 6.07 Å². The molecule has 7 heteroatoms. The topological polar surface area (TPSA) is 70.4 Å². The highest BCUT2D eigenvalue weighted by molar-refractivity contribution is 7.91. The molecule has 1 aliphatic heterocycles. The number of imidazole rings is 1. The van der Waals surface area contributed by atoms with Crippen molar-refractivity contribution in [2.24, 2.45) is 0 Å². The van der Waals surface area contributed by atoms with E-state index in [1.54, 1.807) is 48.9 Å². The van der Waals surface area contributed by atoms with Gasteiger partial charge >= 0.3 is 0 Å². The van der Waals surface area contributed by atoms with Gasteiger partial charge in [0.1, 0.15) is 4.90 Å². The number of nitrogens with zero attached hydrogens (tertiary/aromatic N) is 2. The van der Waals surface area contributed by atoms with Gasteiger partial charge in [-0.05, 0) is 29.8 Å². The van der Waals surface area contributed by atoms with Crippen molar-refractivity contribution < 1.29 is 17.9 Å². The largest absolute Gasteiger partial charge is 0.454 e. The van der Waals surface area contributed by atoms with Crippen LogP contribution >= 0.6 is 0 Å². The molecule has 0 spiro atoms. The van der Waals surface area contributed by atoms with Crippen molar-refractivity contribution in [3.05, 3.63) is 66.7 Å². The van der Waals surface area contributed by atoms with E-state index in [0.717, 1.165) is 5.56 Å². The molecule has 0 saturated carbocycles. The minimum absolute atomic E-state index is 0.0334. The van der Waals surface area contributed by atoms with Gasteiger partial charge in [-0.2, -0.15) is 0 Å². The Morgan fingerprint density at radius 2 is 1.92 bits per heavy atom. The van der Waals surface area contributed by atoms with Gasteiger partial charge in [0, 0.05) is 18.9 Å². The summed E-state index contributed by atoms with van der Waals surface area (Å²) in [5, 5.41) is 0. The molecule has 0 bridgehead atoms. The summed E-state index contributed by atoms with van der Waals surface area (Å²) in [6, 6.07) is 11.7. The molecule has 1 aromatic heterocycles. The quantitative estimate of drug-likeness (QED) is 0.728. The van der Waals surface area contributed by atoms with E-state index < -0.39 is 9.84 Å². The first-order chi connectivity index (χ1) is 11.6. The SMILES string of the molecule is O=S(=O)(c1ccc(Cn2ccnc2)cc1)c1cccc2c1OCO2. The van der Waals surface area contributed by atoms with Crippen LogP contribution in [0.3, 0.4) is 0 Å². The predicted octanol–water partition coefficient (Wildman–Crippen LogP) is 2.49. The number of benzene rings is 2. The zero-order valence-corrected chi connectivity index (χ0v) is 13.4. The molecule has 122 valence electrons. The molecule has 1 aliphatic rings. The minimum Gasteiger partial charge on any atom is -0.454 e. The third-order valence-corrected chi connectivity index (χ3v) is 5.60. The number of hydrogen-bond acceptors (Lipinski definition) is 5. The molecule has 0 fully saturated rings. The van der Waals surface area contributed by atoms with Crippen molar-refractivity contribution in [1.29, 1.82) is 0 Å². The molecule has 2 aromatic carbocycles. The van der Waals surface area contributed by atoms with Gasteiger partial charge in [-0.1, -0.05) is 18.2 Å². The number of aromatic nitrogens is 2. The maximum Gasteiger partial charge on any atom is 0.231 e. The van der Waals surface area contributed by atoms with Crippen LogP contribution in [0.1, 0.15) is 5.56 Å². The summed E-state index contributed by atoms with van der Waals surface area (Å²) in [5.41, 5.74) is 0.991. The van der Waals surface area contributed by atoms with Crippen LogP contribution in [-0.2, 0) is 16.4 Å². The van der Waals surface area contributed by atoms with Crippen LogP contribution in [0.4, 0.5) is 0 Å². The van der Waals surface area contributed by atoms with Crippen molar-refractivity contribution >= 4 is 9.84 Å². The van der Waals surface area contributed by atoms with Gasteiger partial charge < -0.3 is 14.0 Å². The van der Waals surface area contributed by atoms with Crippen molar-refractivity contribution in [1.82, 2.24) is 9.55 Å². The van der Waals surface area contributed by atoms with Crippen LogP contribution < -0.4 is 9.47 Å². The third-order valence-electron chi connectivity index (χ3n) is 3.81. The third kappa shape index (κ3) is 2.52.